The van der Waals surface area contributed by atoms with E-state index in [-0.39, 0.29) is 23.4 Å². The summed E-state index contributed by atoms with van der Waals surface area (Å²) < 4.78 is 26.3. The first-order valence-electron chi connectivity index (χ1n) is 6.14. The minimum atomic E-state index is -3.62. The Morgan fingerprint density at radius 1 is 1.55 bits per heavy atom. The molecule has 0 saturated carbocycles. The molecule has 0 radical (unpaired) electrons. The van der Waals surface area contributed by atoms with Crippen molar-refractivity contribution in [2.45, 2.75) is 17.9 Å². The third kappa shape index (κ3) is 3.46. The first-order valence-corrected chi connectivity index (χ1v) is 7.58. The quantitative estimate of drug-likeness (QED) is 0.886. The maximum Gasteiger partial charge on any atom is 0.260 e. The highest BCUT2D eigenvalue weighted by Gasteiger charge is 2.30. The van der Waals surface area contributed by atoms with E-state index in [0.717, 1.165) is 12.8 Å². The SMILES string of the molecule is Cl.N#Cc1ccnc(S(=O)(=O)N2CCCC(CN)C2)c1. The van der Waals surface area contributed by atoms with Crippen LogP contribution in [0.3, 0.4) is 0 Å². The van der Waals surface area contributed by atoms with E-state index in [9.17, 15) is 8.42 Å². The van der Waals surface area contributed by atoms with Crippen molar-refractivity contribution < 1.29 is 8.42 Å². The number of piperidine rings is 1. The smallest absolute Gasteiger partial charge is 0.260 e. The van der Waals surface area contributed by atoms with E-state index in [1.807, 2.05) is 6.07 Å². The summed E-state index contributed by atoms with van der Waals surface area (Å²) in [5, 5.41) is 8.75. The summed E-state index contributed by atoms with van der Waals surface area (Å²) in [6, 6.07) is 4.71. The molecule has 110 valence electrons. The monoisotopic (exact) mass is 316 g/mol. The summed E-state index contributed by atoms with van der Waals surface area (Å²) in [6.45, 7) is 1.40. The Morgan fingerprint density at radius 3 is 2.95 bits per heavy atom. The molecule has 1 aliphatic rings. The standard InChI is InChI=1S/C12H16N4O2S.ClH/c13-7-10-3-4-15-12(6-10)19(17,18)16-5-1-2-11(8-14)9-16;/h3-4,6,11H,1-2,5,8-9,14H2;1H. The molecule has 1 aromatic heterocycles. The van der Waals surface area contributed by atoms with Gasteiger partial charge < -0.3 is 5.73 Å². The van der Waals surface area contributed by atoms with Crippen molar-refractivity contribution >= 4 is 22.4 Å². The number of nitrogens with zero attached hydrogens (tertiary/aromatic N) is 3. The third-order valence-corrected chi connectivity index (χ3v) is 5.05. The Balaban J connectivity index is 0.00000200. The molecule has 0 aromatic carbocycles. The highest BCUT2D eigenvalue weighted by Crippen LogP contribution is 2.22. The highest BCUT2D eigenvalue weighted by molar-refractivity contribution is 7.89. The Hall–Kier alpha value is -1.20. The molecule has 6 nitrogen and oxygen atoms in total. The number of rotatable bonds is 3. The van der Waals surface area contributed by atoms with Crippen molar-refractivity contribution in [1.29, 1.82) is 5.26 Å². The third-order valence-electron chi connectivity index (χ3n) is 3.28. The number of sulfonamides is 1. The Morgan fingerprint density at radius 2 is 2.30 bits per heavy atom. The van der Waals surface area contributed by atoms with E-state index >= 15 is 0 Å². The number of hydrogen-bond donors (Lipinski definition) is 1. The molecule has 1 aromatic rings. The second-order valence-corrected chi connectivity index (χ2v) is 6.49. The average Bonchev–Trinajstić information content (AvgIpc) is 2.47. The van der Waals surface area contributed by atoms with Gasteiger partial charge in [0.1, 0.15) is 0 Å². The first-order chi connectivity index (χ1) is 9.07. The summed E-state index contributed by atoms with van der Waals surface area (Å²) in [6.07, 6.45) is 3.10. The molecule has 2 heterocycles. The zero-order valence-electron chi connectivity index (χ0n) is 10.9. The molecule has 1 saturated heterocycles. The molecule has 0 bridgehead atoms. The molecule has 1 fully saturated rings. The Kier molecular flexibility index (Phi) is 5.89. The van der Waals surface area contributed by atoms with Crippen LogP contribution in [0, 0.1) is 17.2 Å². The molecule has 2 N–H and O–H groups in total. The number of nitrogens with two attached hydrogens (primary N) is 1. The van der Waals surface area contributed by atoms with Crippen LogP contribution < -0.4 is 5.73 Å². The van der Waals surface area contributed by atoms with Crippen LogP contribution in [-0.2, 0) is 10.0 Å². The molecule has 0 amide bonds. The lowest BCUT2D eigenvalue weighted by Crippen LogP contribution is -2.42. The van der Waals surface area contributed by atoms with Crippen LogP contribution in [0.25, 0.3) is 0 Å². The van der Waals surface area contributed by atoms with Crippen LogP contribution in [0.5, 0.6) is 0 Å². The van der Waals surface area contributed by atoms with Crippen molar-refractivity contribution in [3.8, 4) is 6.07 Å². The highest BCUT2D eigenvalue weighted by atomic mass is 35.5. The van der Waals surface area contributed by atoms with Crippen molar-refractivity contribution in [3.63, 3.8) is 0 Å². The van der Waals surface area contributed by atoms with Crippen LogP contribution in [0.1, 0.15) is 18.4 Å². The van der Waals surface area contributed by atoms with Gasteiger partial charge in [0.25, 0.3) is 10.0 Å². The van der Waals surface area contributed by atoms with Gasteiger partial charge in [-0.1, -0.05) is 0 Å². The molecule has 2 rings (SSSR count). The molecular weight excluding hydrogens is 300 g/mol. The van der Waals surface area contributed by atoms with Gasteiger partial charge in [-0.05, 0) is 37.4 Å². The lowest BCUT2D eigenvalue weighted by Gasteiger charge is -2.30. The van der Waals surface area contributed by atoms with Crippen LogP contribution >= 0.6 is 12.4 Å². The topological polar surface area (TPSA) is 100 Å². The molecule has 0 aliphatic carbocycles. The second kappa shape index (κ2) is 6.99. The van der Waals surface area contributed by atoms with Gasteiger partial charge in [-0.2, -0.15) is 9.57 Å². The van der Waals surface area contributed by atoms with Gasteiger partial charge >= 0.3 is 0 Å². The van der Waals surface area contributed by atoms with Crippen molar-refractivity contribution in [2.24, 2.45) is 11.7 Å². The minimum Gasteiger partial charge on any atom is -0.330 e. The predicted octanol–water partition coefficient (Wildman–Crippen LogP) is 0.734. The first kappa shape index (κ1) is 16.9. The van der Waals surface area contributed by atoms with Crippen LogP contribution in [0.15, 0.2) is 23.4 Å². The predicted molar refractivity (Wildman–Crippen MR) is 76.7 cm³/mol. The van der Waals surface area contributed by atoms with E-state index in [4.69, 9.17) is 11.0 Å². The van der Waals surface area contributed by atoms with Gasteiger partial charge in [-0.3, -0.25) is 0 Å². The van der Waals surface area contributed by atoms with Gasteiger partial charge in [0.05, 0.1) is 11.6 Å². The van der Waals surface area contributed by atoms with Crippen molar-refractivity contribution in [2.75, 3.05) is 19.6 Å². The molecule has 1 unspecified atom stereocenters. The van der Waals surface area contributed by atoms with E-state index in [1.54, 1.807) is 0 Å². The minimum absolute atomic E-state index is 0. The fourth-order valence-electron chi connectivity index (χ4n) is 2.19. The lowest BCUT2D eigenvalue weighted by molar-refractivity contribution is 0.271. The van der Waals surface area contributed by atoms with Gasteiger partial charge in [0, 0.05) is 19.3 Å². The Labute approximate surface area is 125 Å². The van der Waals surface area contributed by atoms with Crippen molar-refractivity contribution in [3.05, 3.63) is 23.9 Å². The van der Waals surface area contributed by atoms with Gasteiger partial charge in [-0.25, -0.2) is 13.4 Å². The second-order valence-electron chi connectivity index (χ2n) is 4.60. The summed E-state index contributed by atoms with van der Waals surface area (Å²) in [7, 11) is -3.62. The molecule has 0 spiro atoms. The fourth-order valence-corrected chi connectivity index (χ4v) is 3.70. The maximum absolute atomic E-state index is 12.4. The summed E-state index contributed by atoms with van der Waals surface area (Å²) in [5.41, 5.74) is 5.91. The number of aromatic nitrogens is 1. The summed E-state index contributed by atoms with van der Waals surface area (Å²) in [4.78, 5) is 3.87. The maximum atomic E-state index is 12.4. The lowest BCUT2D eigenvalue weighted by atomic mass is 10.0. The van der Waals surface area contributed by atoms with Gasteiger partial charge in [0.15, 0.2) is 5.03 Å². The number of hydrogen-bond acceptors (Lipinski definition) is 5. The van der Waals surface area contributed by atoms with Crippen LogP contribution in [0.2, 0.25) is 0 Å². The molecular formula is C12H17ClN4O2S. The number of nitriles is 1. The molecule has 1 atom stereocenters. The van der Waals surface area contributed by atoms with Crippen LogP contribution in [-0.4, -0.2) is 37.3 Å². The van der Waals surface area contributed by atoms with E-state index in [1.165, 1.54) is 22.6 Å². The zero-order valence-corrected chi connectivity index (χ0v) is 12.5. The number of halogens is 1. The van der Waals surface area contributed by atoms with Crippen molar-refractivity contribution in [1.82, 2.24) is 9.29 Å². The molecule has 20 heavy (non-hydrogen) atoms. The fraction of sp³-hybridized carbons (Fsp3) is 0.500. The molecule has 8 heteroatoms. The summed E-state index contributed by atoms with van der Waals surface area (Å²) in [5.74, 6) is 0.197. The Bertz CT molecular complexity index is 600. The molecule has 1 aliphatic heterocycles. The van der Waals surface area contributed by atoms with E-state index in [0.29, 0.717) is 25.2 Å². The normalized spacial score (nSPS) is 19.9. The number of pyridine rings is 1. The largest absolute Gasteiger partial charge is 0.330 e. The average molecular weight is 317 g/mol. The van der Waals surface area contributed by atoms with Crippen LogP contribution in [0.4, 0.5) is 0 Å². The van der Waals surface area contributed by atoms with E-state index in [2.05, 4.69) is 4.98 Å². The summed E-state index contributed by atoms with van der Waals surface area (Å²) >= 11 is 0. The van der Waals surface area contributed by atoms with E-state index < -0.39 is 10.0 Å². The van der Waals surface area contributed by atoms with Gasteiger partial charge in [-0.15, -0.1) is 12.4 Å². The van der Waals surface area contributed by atoms with Gasteiger partial charge in [0.2, 0.25) is 0 Å². The zero-order chi connectivity index (χ0) is 13.9.